The van der Waals surface area contributed by atoms with E-state index in [2.05, 4.69) is 10.5 Å². The summed E-state index contributed by atoms with van der Waals surface area (Å²) in [6.07, 6.45) is 1.45. The summed E-state index contributed by atoms with van der Waals surface area (Å²) in [4.78, 5) is 21.7. The fraction of sp³-hybridized carbons (Fsp3) is 0.176. The van der Waals surface area contributed by atoms with Crippen molar-refractivity contribution in [2.75, 3.05) is 20.8 Å². The third-order valence-electron chi connectivity index (χ3n) is 3.23. The van der Waals surface area contributed by atoms with Gasteiger partial charge < -0.3 is 14.2 Å². The molecule has 2 aromatic rings. The van der Waals surface area contributed by atoms with Gasteiger partial charge in [0.2, 0.25) is 0 Å². The number of carbonyl (C=O) groups excluding carboxylic acids is 1. The number of nitro benzene ring substituents is 1. The zero-order valence-electron chi connectivity index (χ0n) is 14.2. The Morgan fingerprint density at radius 1 is 1.15 bits per heavy atom. The lowest BCUT2D eigenvalue weighted by Crippen LogP contribution is -2.24. The SMILES string of the molecule is COc1ccc(/C=N/NC(=O)COc2ccc([N+](=O)[O-])cc2)cc1OC. The van der Waals surface area contributed by atoms with Crippen molar-refractivity contribution in [3.63, 3.8) is 0 Å². The third kappa shape index (κ3) is 5.20. The van der Waals surface area contributed by atoms with Gasteiger partial charge in [-0.15, -0.1) is 0 Å². The first-order valence-corrected chi connectivity index (χ1v) is 7.44. The van der Waals surface area contributed by atoms with Crippen LogP contribution in [0.3, 0.4) is 0 Å². The third-order valence-corrected chi connectivity index (χ3v) is 3.23. The van der Waals surface area contributed by atoms with Crippen molar-refractivity contribution in [2.24, 2.45) is 5.10 Å². The average Bonchev–Trinajstić information content (AvgIpc) is 2.66. The van der Waals surface area contributed by atoms with Gasteiger partial charge in [-0.2, -0.15) is 5.10 Å². The highest BCUT2D eigenvalue weighted by Crippen LogP contribution is 2.26. The van der Waals surface area contributed by atoms with E-state index in [0.29, 0.717) is 22.8 Å². The van der Waals surface area contributed by atoms with E-state index >= 15 is 0 Å². The molecule has 0 saturated heterocycles. The molecule has 26 heavy (non-hydrogen) atoms. The van der Waals surface area contributed by atoms with Crippen LogP contribution in [0.15, 0.2) is 47.6 Å². The number of hydrogen-bond acceptors (Lipinski definition) is 7. The lowest BCUT2D eigenvalue weighted by molar-refractivity contribution is -0.384. The number of nitro groups is 1. The monoisotopic (exact) mass is 359 g/mol. The van der Waals surface area contributed by atoms with Crippen LogP contribution in [-0.4, -0.2) is 37.9 Å². The van der Waals surface area contributed by atoms with Gasteiger partial charge in [-0.1, -0.05) is 0 Å². The number of nitrogens with zero attached hydrogens (tertiary/aromatic N) is 2. The molecule has 0 aromatic heterocycles. The largest absolute Gasteiger partial charge is 0.493 e. The Kier molecular flexibility index (Phi) is 6.49. The highest BCUT2D eigenvalue weighted by atomic mass is 16.6. The Hall–Kier alpha value is -3.62. The van der Waals surface area contributed by atoms with Crippen molar-refractivity contribution in [1.82, 2.24) is 5.43 Å². The van der Waals surface area contributed by atoms with Crippen LogP contribution in [0.1, 0.15) is 5.56 Å². The Morgan fingerprint density at radius 2 is 1.85 bits per heavy atom. The molecule has 0 aliphatic rings. The number of hydrazone groups is 1. The highest BCUT2D eigenvalue weighted by molar-refractivity contribution is 5.83. The zero-order valence-corrected chi connectivity index (χ0v) is 14.2. The van der Waals surface area contributed by atoms with E-state index in [1.54, 1.807) is 18.2 Å². The lowest BCUT2D eigenvalue weighted by Gasteiger charge is -2.07. The summed E-state index contributed by atoms with van der Waals surface area (Å²) < 4.78 is 15.5. The van der Waals surface area contributed by atoms with E-state index in [1.165, 1.54) is 44.7 Å². The Balaban J connectivity index is 1.84. The molecule has 9 heteroatoms. The maximum Gasteiger partial charge on any atom is 0.277 e. The predicted molar refractivity (Wildman–Crippen MR) is 93.9 cm³/mol. The van der Waals surface area contributed by atoms with Crippen molar-refractivity contribution >= 4 is 17.8 Å². The van der Waals surface area contributed by atoms with Crippen molar-refractivity contribution in [2.45, 2.75) is 0 Å². The van der Waals surface area contributed by atoms with Gasteiger partial charge in [0.15, 0.2) is 18.1 Å². The Morgan fingerprint density at radius 3 is 2.46 bits per heavy atom. The number of methoxy groups -OCH3 is 2. The standard InChI is InChI=1S/C17H17N3O6/c1-24-15-8-3-12(9-16(15)25-2)10-18-19-17(21)11-26-14-6-4-13(5-7-14)20(22)23/h3-10H,11H2,1-2H3,(H,19,21)/b18-10+. The molecule has 0 aliphatic heterocycles. The molecular weight excluding hydrogens is 342 g/mol. The predicted octanol–water partition coefficient (Wildman–Crippen LogP) is 2.14. The number of benzene rings is 2. The van der Waals surface area contributed by atoms with Crippen LogP contribution >= 0.6 is 0 Å². The lowest BCUT2D eigenvalue weighted by atomic mass is 10.2. The van der Waals surface area contributed by atoms with Crippen LogP contribution < -0.4 is 19.6 Å². The first kappa shape index (κ1) is 18.7. The highest BCUT2D eigenvalue weighted by Gasteiger charge is 2.06. The van der Waals surface area contributed by atoms with E-state index in [0.717, 1.165) is 0 Å². The van der Waals surface area contributed by atoms with Crippen LogP contribution in [-0.2, 0) is 4.79 Å². The van der Waals surface area contributed by atoms with Crippen LogP contribution in [0.4, 0.5) is 5.69 Å². The van der Waals surface area contributed by atoms with E-state index in [1.807, 2.05) is 0 Å². The van der Waals surface area contributed by atoms with Crippen molar-refractivity contribution < 1.29 is 23.9 Å². The van der Waals surface area contributed by atoms with Crippen molar-refractivity contribution in [1.29, 1.82) is 0 Å². The van der Waals surface area contributed by atoms with Gasteiger partial charge in [0.05, 0.1) is 25.4 Å². The fourth-order valence-electron chi connectivity index (χ4n) is 1.96. The van der Waals surface area contributed by atoms with Gasteiger partial charge in [-0.3, -0.25) is 14.9 Å². The number of rotatable bonds is 8. The molecule has 0 heterocycles. The van der Waals surface area contributed by atoms with Crippen molar-refractivity contribution in [3.05, 3.63) is 58.1 Å². The van der Waals surface area contributed by atoms with E-state index in [9.17, 15) is 14.9 Å². The number of amides is 1. The zero-order chi connectivity index (χ0) is 18.9. The summed E-state index contributed by atoms with van der Waals surface area (Å²) in [6.45, 7) is -0.277. The number of ether oxygens (including phenoxy) is 3. The molecule has 0 aliphatic carbocycles. The van der Waals surface area contributed by atoms with E-state index < -0.39 is 10.8 Å². The summed E-state index contributed by atoms with van der Waals surface area (Å²) in [5.41, 5.74) is 2.98. The molecular formula is C17H17N3O6. The number of nitrogens with one attached hydrogen (secondary N) is 1. The number of non-ortho nitro benzene ring substituents is 1. The summed E-state index contributed by atoms with van der Waals surface area (Å²) in [6, 6.07) is 10.6. The second kappa shape index (κ2) is 9.02. The first-order valence-electron chi connectivity index (χ1n) is 7.44. The summed E-state index contributed by atoms with van der Waals surface area (Å²) in [7, 11) is 3.06. The Bertz CT molecular complexity index is 805. The van der Waals surface area contributed by atoms with E-state index in [-0.39, 0.29) is 12.3 Å². The van der Waals surface area contributed by atoms with Crippen LogP contribution in [0, 0.1) is 10.1 Å². The average molecular weight is 359 g/mol. The molecule has 2 rings (SSSR count). The van der Waals surface area contributed by atoms with Crippen LogP contribution in [0.2, 0.25) is 0 Å². The molecule has 0 saturated carbocycles. The molecule has 0 fully saturated rings. The quantitative estimate of drug-likeness (QED) is 0.439. The molecule has 1 N–H and O–H groups in total. The van der Waals surface area contributed by atoms with Gasteiger partial charge in [0, 0.05) is 12.1 Å². The van der Waals surface area contributed by atoms with Crippen LogP contribution in [0.25, 0.3) is 0 Å². The maximum absolute atomic E-state index is 11.7. The minimum atomic E-state index is -0.515. The summed E-state index contributed by atoms with van der Waals surface area (Å²) in [5.74, 6) is 1.00. The molecule has 0 radical (unpaired) electrons. The fourth-order valence-corrected chi connectivity index (χ4v) is 1.96. The van der Waals surface area contributed by atoms with Gasteiger partial charge in [-0.05, 0) is 35.9 Å². The smallest absolute Gasteiger partial charge is 0.277 e. The van der Waals surface area contributed by atoms with Gasteiger partial charge in [0.25, 0.3) is 11.6 Å². The minimum Gasteiger partial charge on any atom is -0.493 e. The number of hydrogen-bond donors (Lipinski definition) is 1. The number of carbonyl (C=O) groups is 1. The molecule has 0 spiro atoms. The molecule has 1 amide bonds. The van der Waals surface area contributed by atoms with E-state index in [4.69, 9.17) is 14.2 Å². The van der Waals surface area contributed by atoms with Gasteiger partial charge in [0.1, 0.15) is 5.75 Å². The molecule has 9 nitrogen and oxygen atoms in total. The van der Waals surface area contributed by atoms with Crippen LogP contribution in [0.5, 0.6) is 17.2 Å². The maximum atomic E-state index is 11.7. The topological polar surface area (TPSA) is 112 Å². The molecule has 0 bridgehead atoms. The first-order chi connectivity index (χ1) is 12.5. The second-order valence-electron chi connectivity index (χ2n) is 4.95. The second-order valence-corrected chi connectivity index (χ2v) is 4.95. The molecule has 0 atom stereocenters. The molecule has 136 valence electrons. The summed E-state index contributed by atoms with van der Waals surface area (Å²) >= 11 is 0. The summed E-state index contributed by atoms with van der Waals surface area (Å²) in [5, 5.41) is 14.4. The minimum absolute atomic E-state index is 0.0543. The van der Waals surface area contributed by atoms with Gasteiger partial charge >= 0.3 is 0 Å². The molecule has 2 aromatic carbocycles. The molecule has 0 unspecified atom stereocenters. The van der Waals surface area contributed by atoms with Gasteiger partial charge in [-0.25, -0.2) is 5.43 Å². The Labute approximate surface area is 149 Å². The normalized spacial score (nSPS) is 10.4. The van der Waals surface area contributed by atoms with Crippen molar-refractivity contribution in [3.8, 4) is 17.2 Å².